The summed E-state index contributed by atoms with van der Waals surface area (Å²) in [5, 5.41) is 0. The molecule has 0 radical (unpaired) electrons. The van der Waals surface area contributed by atoms with Crippen LogP contribution in [0.2, 0.25) is 0 Å². The molecule has 0 aromatic heterocycles. The van der Waals surface area contributed by atoms with Crippen LogP contribution in [0.3, 0.4) is 0 Å². The number of likely N-dealkylation sites (N-methyl/N-ethyl adjacent to an activating group) is 1. The van der Waals surface area contributed by atoms with E-state index < -0.39 is 0 Å². The SMILES string of the molecule is CCN1CCN(CC(=O)N2CC[C@H](Oc3cccc(Br)c3)[C@@H](CC(=O)N3CCOCC3)C2)CC1. The van der Waals surface area contributed by atoms with Gasteiger partial charge in [-0.05, 0) is 24.7 Å². The van der Waals surface area contributed by atoms with E-state index in [9.17, 15) is 9.59 Å². The smallest absolute Gasteiger partial charge is 0.236 e. The number of ether oxygens (including phenoxy) is 2. The van der Waals surface area contributed by atoms with Crippen molar-refractivity contribution < 1.29 is 19.1 Å². The van der Waals surface area contributed by atoms with E-state index in [1.165, 1.54) is 0 Å². The topological polar surface area (TPSA) is 65.6 Å². The molecule has 34 heavy (non-hydrogen) atoms. The molecule has 8 nitrogen and oxygen atoms in total. The molecule has 0 N–H and O–H groups in total. The van der Waals surface area contributed by atoms with Crippen LogP contribution in [0.5, 0.6) is 5.75 Å². The minimum Gasteiger partial charge on any atom is -0.490 e. The van der Waals surface area contributed by atoms with E-state index in [1.54, 1.807) is 0 Å². The third-order valence-electron chi connectivity index (χ3n) is 7.17. The number of hydrogen-bond acceptors (Lipinski definition) is 6. The third-order valence-corrected chi connectivity index (χ3v) is 7.67. The van der Waals surface area contributed by atoms with E-state index in [1.807, 2.05) is 34.1 Å². The van der Waals surface area contributed by atoms with E-state index >= 15 is 0 Å². The molecule has 0 unspecified atom stereocenters. The average Bonchev–Trinajstić information content (AvgIpc) is 2.86. The number of carbonyl (C=O) groups excluding carboxylic acids is 2. The Bertz CT molecular complexity index is 827. The van der Waals surface area contributed by atoms with Crippen molar-refractivity contribution in [3.63, 3.8) is 0 Å². The number of piperidine rings is 1. The fourth-order valence-electron chi connectivity index (χ4n) is 5.02. The zero-order valence-corrected chi connectivity index (χ0v) is 21.7. The second kappa shape index (κ2) is 12.3. The van der Waals surface area contributed by atoms with E-state index in [2.05, 4.69) is 32.7 Å². The van der Waals surface area contributed by atoms with Crippen LogP contribution in [-0.2, 0) is 14.3 Å². The molecule has 0 saturated carbocycles. The maximum atomic E-state index is 13.2. The summed E-state index contributed by atoms with van der Waals surface area (Å²) in [4.78, 5) is 34.7. The van der Waals surface area contributed by atoms with Gasteiger partial charge in [0.2, 0.25) is 11.8 Å². The van der Waals surface area contributed by atoms with E-state index in [4.69, 9.17) is 9.47 Å². The van der Waals surface area contributed by atoms with E-state index in [0.717, 1.165) is 49.4 Å². The summed E-state index contributed by atoms with van der Waals surface area (Å²) < 4.78 is 12.7. The van der Waals surface area contributed by atoms with Crippen molar-refractivity contribution in [3.8, 4) is 5.75 Å². The number of morpholine rings is 1. The molecule has 2 atom stereocenters. The largest absolute Gasteiger partial charge is 0.490 e. The summed E-state index contributed by atoms with van der Waals surface area (Å²) in [5.41, 5.74) is 0. The Hall–Kier alpha value is -1.68. The Morgan fingerprint density at radius 2 is 1.74 bits per heavy atom. The third kappa shape index (κ3) is 6.93. The van der Waals surface area contributed by atoms with Gasteiger partial charge in [-0.3, -0.25) is 14.5 Å². The van der Waals surface area contributed by atoms with Gasteiger partial charge >= 0.3 is 0 Å². The molecule has 3 saturated heterocycles. The molecule has 0 aliphatic carbocycles. The Morgan fingerprint density at radius 3 is 2.44 bits per heavy atom. The fourth-order valence-corrected chi connectivity index (χ4v) is 5.40. The molecule has 3 fully saturated rings. The lowest BCUT2D eigenvalue weighted by molar-refractivity contribution is -0.142. The molecule has 4 rings (SSSR count). The fraction of sp³-hybridized carbons (Fsp3) is 0.680. The normalized spacial score (nSPS) is 24.8. The molecule has 0 spiro atoms. The number of rotatable bonds is 7. The highest BCUT2D eigenvalue weighted by Crippen LogP contribution is 2.28. The van der Waals surface area contributed by atoms with Gasteiger partial charge in [0.15, 0.2) is 0 Å². The van der Waals surface area contributed by atoms with Crippen molar-refractivity contribution in [1.29, 1.82) is 0 Å². The van der Waals surface area contributed by atoms with Crippen LogP contribution in [0, 0.1) is 5.92 Å². The summed E-state index contributed by atoms with van der Waals surface area (Å²) in [6.45, 7) is 11.3. The Labute approximate surface area is 211 Å². The summed E-state index contributed by atoms with van der Waals surface area (Å²) >= 11 is 3.51. The number of halogens is 1. The van der Waals surface area contributed by atoms with Gasteiger partial charge in [-0.15, -0.1) is 0 Å². The van der Waals surface area contributed by atoms with Crippen molar-refractivity contribution in [1.82, 2.24) is 19.6 Å². The number of carbonyl (C=O) groups is 2. The van der Waals surface area contributed by atoms with Gasteiger partial charge in [0, 0.05) is 75.6 Å². The lowest BCUT2D eigenvalue weighted by Crippen LogP contribution is -2.54. The molecule has 1 aromatic rings. The summed E-state index contributed by atoms with van der Waals surface area (Å²) in [6, 6.07) is 7.81. The first kappa shape index (κ1) is 25.4. The highest BCUT2D eigenvalue weighted by molar-refractivity contribution is 9.10. The van der Waals surface area contributed by atoms with Crippen molar-refractivity contribution in [2.45, 2.75) is 25.9 Å². The molecule has 2 amide bonds. The standard InChI is InChI=1S/C25H37BrN4O4/c1-2-27-8-10-28(11-9-27)19-25(32)30-7-6-23(34-22-5-3-4-21(26)17-22)20(18-30)16-24(31)29-12-14-33-15-13-29/h3-5,17,20,23H,2,6-16,18-19H2,1H3/t20-,23-/m0/s1. The summed E-state index contributed by atoms with van der Waals surface area (Å²) in [5.74, 6) is 1.04. The number of likely N-dealkylation sites (tertiary alicyclic amines) is 1. The minimum absolute atomic E-state index is 0.0380. The second-order valence-corrected chi connectivity index (χ2v) is 10.3. The van der Waals surface area contributed by atoms with Crippen molar-refractivity contribution >= 4 is 27.7 Å². The molecule has 1 aromatic carbocycles. The zero-order valence-electron chi connectivity index (χ0n) is 20.2. The van der Waals surface area contributed by atoms with Crippen LogP contribution >= 0.6 is 15.9 Å². The predicted octanol–water partition coefficient (Wildman–Crippen LogP) is 1.93. The number of nitrogens with zero attached hydrogens (tertiary/aromatic N) is 4. The Morgan fingerprint density at radius 1 is 1.00 bits per heavy atom. The van der Waals surface area contributed by atoms with Crippen LogP contribution in [0.25, 0.3) is 0 Å². The van der Waals surface area contributed by atoms with Crippen LogP contribution in [0.1, 0.15) is 19.8 Å². The average molecular weight is 537 g/mol. The highest BCUT2D eigenvalue weighted by Gasteiger charge is 2.36. The predicted molar refractivity (Wildman–Crippen MR) is 134 cm³/mol. The number of amides is 2. The van der Waals surface area contributed by atoms with Gasteiger partial charge in [-0.1, -0.05) is 28.9 Å². The molecule has 3 heterocycles. The molecule has 0 bridgehead atoms. The van der Waals surface area contributed by atoms with Crippen molar-refractivity contribution in [2.24, 2.45) is 5.92 Å². The molecule has 188 valence electrons. The van der Waals surface area contributed by atoms with E-state index in [-0.39, 0.29) is 23.8 Å². The molecule has 3 aliphatic rings. The van der Waals surface area contributed by atoms with Crippen LogP contribution in [0.15, 0.2) is 28.7 Å². The Balaban J connectivity index is 1.38. The van der Waals surface area contributed by atoms with Gasteiger partial charge in [0.1, 0.15) is 11.9 Å². The molecule has 3 aliphatic heterocycles. The lowest BCUT2D eigenvalue weighted by Gasteiger charge is -2.40. The molecule has 9 heteroatoms. The van der Waals surface area contributed by atoms with Crippen molar-refractivity contribution in [2.75, 3.05) is 78.7 Å². The van der Waals surface area contributed by atoms with Crippen LogP contribution in [0.4, 0.5) is 0 Å². The monoisotopic (exact) mass is 536 g/mol. The summed E-state index contributed by atoms with van der Waals surface area (Å²) in [6.07, 6.45) is 1.01. The van der Waals surface area contributed by atoms with Gasteiger partial charge < -0.3 is 24.2 Å². The first-order valence-corrected chi connectivity index (χ1v) is 13.3. The molecular formula is C25H37BrN4O4. The number of benzene rings is 1. The first-order chi connectivity index (χ1) is 16.5. The highest BCUT2D eigenvalue weighted by atomic mass is 79.9. The Kier molecular flexibility index (Phi) is 9.22. The van der Waals surface area contributed by atoms with Crippen LogP contribution < -0.4 is 4.74 Å². The second-order valence-electron chi connectivity index (χ2n) is 9.41. The van der Waals surface area contributed by atoms with Gasteiger partial charge in [0.05, 0.1) is 19.8 Å². The van der Waals surface area contributed by atoms with Gasteiger partial charge in [0.25, 0.3) is 0 Å². The van der Waals surface area contributed by atoms with E-state index in [0.29, 0.717) is 52.4 Å². The number of piperazine rings is 1. The number of hydrogen-bond donors (Lipinski definition) is 0. The zero-order chi connectivity index (χ0) is 23.9. The quantitative estimate of drug-likeness (QED) is 0.530. The summed E-state index contributed by atoms with van der Waals surface area (Å²) in [7, 11) is 0. The van der Waals surface area contributed by atoms with Crippen LogP contribution in [-0.4, -0.2) is 116 Å². The molecular weight excluding hydrogens is 500 g/mol. The van der Waals surface area contributed by atoms with Gasteiger partial charge in [-0.2, -0.15) is 0 Å². The maximum absolute atomic E-state index is 13.2. The van der Waals surface area contributed by atoms with Crippen molar-refractivity contribution in [3.05, 3.63) is 28.7 Å². The first-order valence-electron chi connectivity index (χ1n) is 12.5. The minimum atomic E-state index is -0.101. The van der Waals surface area contributed by atoms with Gasteiger partial charge in [-0.25, -0.2) is 0 Å². The lowest BCUT2D eigenvalue weighted by atomic mass is 9.90. The maximum Gasteiger partial charge on any atom is 0.236 e.